The Morgan fingerprint density at radius 3 is 2.80 bits per heavy atom. The fraction of sp³-hybridized carbons (Fsp3) is 1.00. The summed E-state index contributed by atoms with van der Waals surface area (Å²) in [5.41, 5.74) is 6.03. The van der Waals surface area contributed by atoms with Gasteiger partial charge in [-0.1, -0.05) is 0 Å². The Kier molecular flexibility index (Phi) is 5.03. The van der Waals surface area contributed by atoms with Crippen LogP contribution in [0.4, 0.5) is 0 Å². The normalized spacial score (nSPS) is 24.4. The summed E-state index contributed by atoms with van der Waals surface area (Å²) in [5, 5.41) is 0. The van der Waals surface area contributed by atoms with E-state index in [4.69, 9.17) is 15.2 Å². The van der Waals surface area contributed by atoms with Crippen molar-refractivity contribution in [3.05, 3.63) is 0 Å². The van der Waals surface area contributed by atoms with Gasteiger partial charge in [0.2, 0.25) is 0 Å². The second-order valence-electron chi connectivity index (χ2n) is 5.13. The summed E-state index contributed by atoms with van der Waals surface area (Å²) >= 11 is 0. The van der Waals surface area contributed by atoms with Crippen molar-refractivity contribution < 1.29 is 9.47 Å². The second kappa shape index (κ2) is 5.83. The standard InChI is InChI=1S/C12H25NO2/c1-12(2,14-3)7-6-10(13)9-11-5-4-8-15-11/h10-11H,4-9,13H2,1-3H3. The summed E-state index contributed by atoms with van der Waals surface area (Å²) in [6.45, 7) is 5.12. The minimum Gasteiger partial charge on any atom is -0.379 e. The fourth-order valence-electron chi connectivity index (χ4n) is 1.92. The maximum atomic E-state index is 6.08. The van der Waals surface area contributed by atoms with Gasteiger partial charge in [0.25, 0.3) is 0 Å². The van der Waals surface area contributed by atoms with E-state index in [9.17, 15) is 0 Å². The fourth-order valence-corrected chi connectivity index (χ4v) is 1.92. The first kappa shape index (κ1) is 12.9. The summed E-state index contributed by atoms with van der Waals surface area (Å²) in [6.07, 6.45) is 5.81. The number of hydrogen-bond donors (Lipinski definition) is 1. The maximum absolute atomic E-state index is 6.08. The molecule has 1 rings (SSSR count). The maximum Gasteiger partial charge on any atom is 0.0623 e. The highest BCUT2D eigenvalue weighted by atomic mass is 16.5. The van der Waals surface area contributed by atoms with Crippen molar-refractivity contribution in [3.63, 3.8) is 0 Å². The SMILES string of the molecule is COC(C)(C)CCC(N)CC1CCCO1. The molecule has 3 heteroatoms. The molecule has 0 saturated carbocycles. The van der Waals surface area contributed by atoms with E-state index in [-0.39, 0.29) is 11.6 Å². The molecule has 0 aromatic rings. The van der Waals surface area contributed by atoms with Crippen molar-refractivity contribution in [2.24, 2.45) is 5.73 Å². The van der Waals surface area contributed by atoms with Gasteiger partial charge in [0, 0.05) is 19.8 Å². The Morgan fingerprint density at radius 2 is 2.27 bits per heavy atom. The van der Waals surface area contributed by atoms with Gasteiger partial charge < -0.3 is 15.2 Å². The van der Waals surface area contributed by atoms with Crippen molar-refractivity contribution in [3.8, 4) is 0 Å². The van der Waals surface area contributed by atoms with Crippen LogP contribution >= 0.6 is 0 Å². The summed E-state index contributed by atoms with van der Waals surface area (Å²) < 4.78 is 10.9. The molecule has 0 spiro atoms. The zero-order chi connectivity index (χ0) is 11.3. The quantitative estimate of drug-likeness (QED) is 0.738. The van der Waals surface area contributed by atoms with E-state index >= 15 is 0 Å². The smallest absolute Gasteiger partial charge is 0.0623 e. The third-order valence-electron chi connectivity index (χ3n) is 3.26. The molecule has 2 atom stereocenters. The van der Waals surface area contributed by atoms with Crippen LogP contribution in [0.3, 0.4) is 0 Å². The molecule has 0 bridgehead atoms. The van der Waals surface area contributed by atoms with E-state index in [0.717, 1.165) is 25.9 Å². The van der Waals surface area contributed by atoms with Gasteiger partial charge in [-0.05, 0) is 46.0 Å². The van der Waals surface area contributed by atoms with Gasteiger partial charge in [-0.3, -0.25) is 0 Å². The second-order valence-corrected chi connectivity index (χ2v) is 5.13. The summed E-state index contributed by atoms with van der Waals surface area (Å²) in [4.78, 5) is 0. The average Bonchev–Trinajstić information content (AvgIpc) is 2.68. The molecule has 3 nitrogen and oxygen atoms in total. The van der Waals surface area contributed by atoms with Gasteiger partial charge in [-0.15, -0.1) is 0 Å². The van der Waals surface area contributed by atoms with Crippen LogP contribution in [0.1, 0.15) is 46.0 Å². The predicted molar refractivity (Wildman–Crippen MR) is 61.9 cm³/mol. The van der Waals surface area contributed by atoms with E-state index in [2.05, 4.69) is 13.8 Å². The molecule has 1 saturated heterocycles. The number of nitrogens with two attached hydrogens (primary N) is 1. The van der Waals surface area contributed by atoms with Crippen LogP contribution in [0.2, 0.25) is 0 Å². The first-order valence-corrected chi connectivity index (χ1v) is 5.96. The molecule has 1 fully saturated rings. The summed E-state index contributed by atoms with van der Waals surface area (Å²) in [6, 6.07) is 0.252. The number of ether oxygens (including phenoxy) is 2. The molecular weight excluding hydrogens is 190 g/mol. The van der Waals surface area contributed by atoms with Gasteiger partial charge in [0.05, 0.1) is 11.7 Å². The number of methoxy groups -OCH3 is 1. The van der Waals surface area contributed by atoms with Gasteiger partial charge in [0.15, 0.2) is 0 Å². The van der Waals surface area contributed by atoms with Crippen LogP contribution in [-0.2, 0) is 9.47 Å². The Morgan fingerprint density at radius 1 is 1.53 bits per heavy atom. The molecule has 2 N–H and O–H groups in total. The Bertz CT molecular complexity index is 176. The molecule has 0 aromatic carbocycles. The topological polar surface area (TPSA) is 44.5 Å². The molecule has 15 heavy (non-hydrogen) atoms. The lowest BCUT2D eigenvalue weighted by atomic mass is 9.96. The minimum atomic E-state index is -0.0475. The largest absolute Gasteiger partial charge is 0.379 e. The van der Waals surface area contributed by atoms with Crippen LogP contribution in [0.25, 0.3) is 0 Å². The third kappa shape index (κ3) is 4.96. The van der Waals surface area contributed by atoms with Crippen molar-refractivity contribution in [2.75, 3.05) is 13.7 Å². The van der Waals surface area contributed by atoms with Crippen LogP contribution < -0.4 is 5.73 Å². The average molecular weight is 215 g/mol. The monoisotopic (exact) mass is 215 g/mol. The highest BCUT2D eigenvalue weighted by Gasteiger charge is 2.21. The van der Waals surface area contributed by atoms with E-state index in [1.807, 2.05) is 0 Å². The van der Waals surface area contributed by atoms with Crippen LogP contribution in [-0.4, -0.2) is 31.5 Å². The first-order chi connectivity index (χ1) is 7.03. The van der Waals surface area contributed by atoms with E-state index in [1.54, 1.807) is 7.11 Å². The van der Waals surface area contributed by atoms with E-state index in [1.165, 1.54) is 12.8 Å². The Hall–Kier alpha value is -0.120. The summed E-state index contributed by atoms with van der Waals surface area (Å²) in [5.74, 6) is 0. The van der Waals surface area contributed by atoms with Crippen LogP contribution in [0.15, 0.2) is 0 Å². The predicted octanol–water partition coefficient (Wildman–Crippen LogP) is 2.09. The zero-order valence-corrected chi connectivity index (χ0v) is 10.3. The molecule has 1 aliphatic rings. The van der Waals surface area contributed by atoms with Crippen LogP contribution in [0.5, 0.6) is 0 Å². The number of rotatable bonds is 6. The van der Waals surface area contributed by atoms with Crippen LogP contribution in [0, 0.1) is 0 Å². The van der Waals surface area contributed by atoms with Crippen molar-refractivity contribution >= 4 is 0 Å². The molecular formula is C12H25NO2. The molecule has 0 aromatic heterocycles. The zero-order valence-electron chi connectivity index (χ0n) is 10.3. The highest BCUT2D eigenvalue weighted by Crippen LogP contribution is 2.21. The third-order valence-corrected chi connectivity index (χ3v) is 3.26. The van der Waals surface area contributed by atoms with Crippen molar-refractivity contribution in [2.45, 2.75) is 63.7 Å². The Labute approximate surface area is 93.3 Å². The lowest BCUT2D eigenvalue weighted by molar-refractivity contribution is 0.0108. The van der Waals surface area contributed by atoms with E-state index < -0.39 is 0 Å². The molecule has 1 aliphatic heterocycles. The number of hydrogen-bond acceptors (Lipinski definition) is 3. The molecule has 0 aliphatic carbocycles. The molecule has 1 heterocycles. The molecule has 0 amide bonds. The molecule has 2 unspecified atom stereocenters. The lowest BCUT2D eigenvalue weighted by Gasteiger charge is -2.25. The van der Waals surface area contributed by atoms with Crippen molar-refractivity contribution in [1.82, 2.24) is 0 Å². The van der Waals surface area contributed by atoms with Crippen molar-refractivity contribution in [1.29, 1.82) is 0 Å². The van der Waals surface area contributed by atoms with E-state index in [0.29, 0.717) is 6.10 Å². The van der Waals surface area contributed by atoms with Gasteiger partial charge in [0.1, 0.15) is 0 Å². The summed E-state index contributed by atoms with van der Waals surface area (Å²) in [7, 11) is 1.76. The minimum absolute atomic E-state index is 0.0475. The van der Waals surface area contributed by atoms with Gasteiger partial charge >= 0.3 is 0 Å². The van der Waals surface area contributed by atoms with Gasteiger partial charge in [-0.2, -0.15) is 0 Å². The molecule has 90 valence electrons. The highest BCUT2D eigenvalue weighted by molar-refractivity contribution is 4.76. The molecule has 0 radical (unpaired) electrons. The Balaban J connectivity index is 2.15. The lowest BCUT2D eigenvalue weighted by Crippen LogP contribution is -2.30. The van der Waals surface area contributed by atoms with Gasteiger partial charge in [-0.25, -0.2) is 0 Å². The first-order valence-electron chi connectivity index (χ1n) is 5.96.